The normalized spacial score (nSPS) is 10.8. The van der Waals surface area contributed by atoms with Crippen molar-refractivity contribution in [3.05, 3.63) is 52.1 Å². The third-order valence-corrected chi connectivity index (χ3v) is 2.24. The molecule has 0 aliphatic carbocycles. The third-order valence-electron chi connectivity index (χ3n) is 2.24. The molecule has 1 aromatic carbocycles. The number of rotatable bonds is 6. The van der Waals surface area contributed by atoms with Gasteiger partial charge in [0.15, 0.2) is 0 Å². The molecule has 0 radical (unpaired) electrons. The Morgan fingerprint density at radius 1 is 1.38 bits per heavy atom. The molecule has 0 unspecified atom stereocenters. The van der Waals surface area contributed by atoms with Crippen LogP contribution in [0.2, 0.25) is 0 Å². The predicted molar refractivity (Wildman–Crippen MR) is 64.5 cm³/mol. The lowest BCUT2D eigenvalue weighted by atomic mass is 10.1. The topological polar surface area (TPSA) is 55.2 Å². The summed E-state index contributed by atoms with van der Waals surface area (Å²) in [6.45, 7) is 3.73. The van der Waals surface area contributed by atoms with Crippen LogP contribution in [0.1, 0.15) is 12.5 Å². The molecular weight excluding hydrogens is 204 g/mol. The maximum atomic E-state index is 10.4. The SMILES string of the molecule is C/C=C/CNCCc1ccc([N+](=O)[O-])cc1. The van der Waals surface area contributed by atoms with E-state index >= 15 is 0 Å². The van der Waals surface area contributed by atoms with Crippen LogP contribution in [0, 0.1) is 10.1 Å². The average molecular weight is 220 g/mol. The number of nitrogens with zero attached hydrogens (tertiary/aromatic N) is 1. The van der Waals surface area contributed by atoms with Gasteiger partial charge in [-0.15, -0.1) is 0 Å². The highest BCUT2D eigenvalue weighted by Gasteiger charge is 2.02. The summed E-state index contributed by atoms with van der Waals surface area (Å²) in [6, 6.07) is 6.69. The summed E-state index contributed by atoms with van der Waals surface area (Å²) < 4.78 is 0. The van der Waals surface area contributed by atoms with Gasteiger partial charge >= 0.3 is 0 Å². The Hall–Kier alpha value is -1.68. The fourth-order valence-corrected chi connectivity index (χ4v) is 1.32. The highest BCUT2D eigenvalue weighted by atomic mass is 16.6. The summed E-state index contributed by atoms with van der Waals surface area (Å²) in [4.78, 5) is 10.0. The first-order chi connectivity index (χ1) is 7.74. The third kappa shape index (κ3) is 4.23. The minimum atomic E-state index is -0.381. The standard InChI is InChI=1S/C12H16N2O2/c1-2-3-9-13-10-8-11-4-6-12(7-5-11)14(15)16/h2-7,13H,8-10H2,1H3/b3-2+. The van der Waals surface area contributed by atoms with Gasteiger partial charge in [0.2, 0.25) is 0 Å². The molecule has 0 atom stereocenters. The zero-order chi connectivity index (χ0) is 11.8. The van der Waals surface area contributed by atoms with Gasteiger partial charge in [-0.1, -0.05) is 24.3 Å². The minimum absolute atomic E-state index is 0.144. The second-order valence-corrected chi connectivity index (χ2v) is 3.45. The molecular formula is C12H16N2O2. The Morgan fingerprint density at radius 2 is 2.06 bits per heavy atom. The van der Waals surface area contributed by atoms with Crippen LogP contribution in [-0.4, -0.2) is 18.0 Å². The van der Waals surface area contributed by atoms with E-state index in [9.17, 15) is 10.1 Å². The fraction of sp³-hybridized carbons (Fsp3) is 0.333. The predicted octanol–water partition coefficient (Wildman–Crippen LogP) is 2.30. The zero-order valence-corrected chi connectivity index (χ0v) is 9.35. The van der Waals surface area contributed by atoms with E-state index in [0.29, 0.717) is 0 Å². The van der Waals surface area contributed by atoms with Crippen molar-refractivity contribution >= 4 is 5.69 Å². The summed E-state index contributed by atoms with van der Waals surface area (Å²) in [5, 5.41) is 13.7. The summed E-state index contributed by atoms with van der Waals surface area (Å²) in [7, 11) is 0. The molecule has 16 heavy (non-hydrogen) atoms. The first-order valence-electron chi connectivity index (χ1n) is 5.29. The van der Waals surface area contributed by atoms with Crippen molar-refractivity contribution < 1.29 is 4.92 Å². The van der Waals surface area contributed by atoms with Crippen LogP contribution in [0.4, 0.5) is 5.69 Å². The molecule has 0 spiro atoms. The molecule has 0 saturated carbocycles. The van der Waals surface area contributed by atoms with E-state index in [1.165, 1.54) is 0 Å². The Labute approximate surface area is 95.1 Å². The summed E-state index contributed by atoms with van der Waals surface area (Å²) in [6.07, 6.45) is 4.93. The molecule has 0 bridgehead atoms. The van der Waals surface area contributed by atoms with Gasteiger partial charge in [-0.05, 0) is 25.5 Å². The number of non-ortho nitro benzene ring substituents is 1. The van der Waals surface area contributed by atoms with Gasteiger partial charge in [0, 0.05) is 18.7 Å². The summed E-state index contributed by atoms with van der Waals surface area (Å²) in [5.74, 6) is 0. The lowest BCUT2D eigenvalue weighted by molar-refractivity contribution is -0.384. The van der Waals surface area contributed by atoms with E-state index < -0.39 is 0 Å². The molecule has 1 aromatic rings. The minimum Gasteiger partial charge on any atom is -0.313 e. The molecule has 0 heterocycles. The van der Waals surface area contributed by atoms with E-state index in [4.69, 9.17) is 0 Å². The first-order valence-corrected chi connectivity index (χ1v) is 5.29. The Morgan fingerprint density at radius 3 is 2.62 bits per heavy atom. The van der Waals surface area contributed by atoms with Crippen LogP contribution in [0.5, 0.6) is 0 Å². The number of benzene rings is 1. The molecule has 0 amide bonds. The molecule has 4 heteroatoms. The Kier molecular flexibility index (Phi) is 5.22. The maximum absolute atomic E-state index is 10.4. The van der Waals surface area contributed by atoms with Crippen molar-refractivity contribution in [3.8, 4) is 0 Å². The van der Waals surface area contributed by atoms with Crippen molar-refractivity contribution in [1.82, 2.24) is 5.32 Å². The van der Waals surface area contributed by atoms with Gasteiger partial charge in [-0.2, -0.15) is 0 Å². The van der Waals surface area contributed by atoms with Gasteiger partial charge in [0.1, 0.15) is 0 Å². The van der Waals surface area contributed by atoms with Crippen LogP contribution < -0.4 is 5.32 Å². The summed E-state index contributed by atoms with van der Waals surface area (Å²) >= 11 is 0. The van der Waals surface area contributed by atoms with Gasteiger partial charge in [0.25, 0.3) is 5.69 Å². The van der Waals surface area contributed by atoms with Crippen molar-refractivity contribution in [2.45, 2.75) is 13.3 Å². The highest BCUT2D eigenvalue weighted by Crippen LogP contribution is 2.11. The number of allylic oxidation sites excluding steroid dienone is 1. The molecule has 0 fully saturated rings. The molecule has 0 aromatic heterocycles. The molecule has 1 rings (SSSR count). The van der Waals surface area contributed by atoms with E-state index in [1.54, 1.807) is 24.3 Å². The molecule has 4 nitrogen and oxygen atoms in total. The Bertz CT molecular complexity index is 358. The van der Waals surface area contributed by atoms with Gasteiger partial charge in [0.05, 0.1) is 4.92 Å². The summed E-state index contributed by atoms with van der Waals surface area (Å²) in [5.41, 5.74) is 1.25. The van der Waals surface area contributed by atoms with Gasteiger partial charge in [-0.3, -0.25) is 10.1 Å². The smallest absolute Gasteiger partial charge is 0.269 e. The van der Waals surface area contributed by atoms with Crippen molar-refractivity contribution in [3.63, 3.8) is 0 Å². The molecule has 0 saturated heterocycles. The number of hydrogen-bond donors (Lipinski definition) is 1. The second kappa shape index (κ2) is 6.74. The Balaban J connectivity index is 2.35. The number of nitro groups is 1. The molecule has 0 aliphatic heterocycles. The zero-order valence-electron chi connectivity index (χ0n) is 9.35. The van der Waals surface area contributed by atoms with Crippen molar-refractivity contribution in [2.24, 2.45) is 0 Å². The lowest BCUT2D eigenvalue weighted by Gasteiger charge is -2.01. The number of nitro benzene ring substituents is 1. The maximum Gasteiger partial charge on any atom is 0.269 e. The quantitative estimate of drug-likeness (QED) is 0.346. The van der Waals surface area contributed by atoms with Crippen LogP contribution >= 0.6 is 0 Å². The largest absolute Gasteiger partial charge is 0.313 e. The van der Waals surface area contributed by atoms with Crippen molar-refractivity contribution in [2.75, 3.05) is 13.1 Å². The lowest BCUT2D eigenvalue weighted by Crippen LogP contribution is -2.16. The molecule has 1 N–H and O–H groups in total. The van der Waals surface area contributed by atoms with Crippen LogP contribution in [-0.2, 0) is 6.42 Å². The van der Waals surface area contributed by atoms with E-state index in [-0.39, 0.29) is 10.6 Å². The van der Waals surface area contributed by atoms with E-state index in [2.05, 4.69) is 11.4 Å². The van der Waals surface area contributed by atoms with E-state index in [0.717, 1.165) is 25.1 Å². The van der Waals surface area contributed by atoms with Gasteiger partial charge in [-0.25, -0.2) is 0 Å². The van der Waals surface area contributed by atoms with E-state index in [1.807, 2.05) is 13.0 Å². The van der Waals surface area contributed by atoms with Gasteiger partial charge < -0.3 is 5.32 Å². The molecule has 0 aliphatic rings. The number of nitrogens with one attached hydrogen (secondary N) is 1. The second-order valence-electron chi connectivity index (χ2n) is 3.45. The molecule has 86 valence electrons. The highest BCUT2D eigenvalue weighted by molar-refractivity contribution is 5.32. The van der Waals surface area contributed by atoms with Crippen LogP contribution in [0.25, 0.3) is 0 Å². The van der Waals surface area contributed by atoms with Crippen LogP contribution in [0.3, 0.4) is 0 Å². The first kappa shape index (κ1) is 12.4. The van der Waals surface area contributed by atoms with Crippen LogP contribution in [0.15, 0.2) is 36.4 Å². The average Bonchev–Trinajstić information content (AvgIpc) is 2.29. The monoisotopic (exact) mass is 220 g/mol. The number of hydrogen-bond acceptors (Lipinski definition) is 3. The van der Waals surface area contributed by atoms with Crippen molar-refractivity contribution in [1.29, 1.82) is 0 Å². The fourth-order valence-electron chi connectivity index (χ4n) is 1.32.